The number of hydrogen-bond acceptors (Lipinski definition) is 4. The van der Waals surface area contributed by atoms with Crippen LogP contribution in [-0.2, 0) is 4.79 Å². The standard InChI is InChI=1S/C17H32N4O/c1-12(2)16(17(22)20-10-6-7-13(20)3)21(19)11-15(18)14-8-4-5-9-14/h11-14,16H,4-10,18-19H2,1-3H3/b15-11-. The highest BCUT2D eigenvalue weighted by Gasteiger charge is 2.34. The van der Waals surface area contributed by atoms with Crippen molar-refractivity contribution in [1.29, 1.82) is 0 Å². The molecular weight excluding hydrogens is 276 g/mol. The van der Waals surface area contributed by atoms with E-state index in [1.54, 1.807) is 11.2 Å². The van der Waals surface area contributed by atoms with Crippen molar-refractivity contribution in [3.63, 3.8) is 0 Å². The van der Waals surface area contributed by atoms with E-state index in [9.17, 15) is 4.79 Å². The molecule has 2 aliphatic rings. The average Bonchev–Trinajstić information content (AvgIpc) is 3.08. The largest absolute Gasteiger partial charge is 0.401 e. The molecule has 2 unspecified atom stereocenters. The molecule has 1 saturated heterocycles. The molecule has 2 atom stereocenters. The molecular formula is C17H32N4O. The third-order valence-corrected chi connectivity index (χ3v) is 5.17. The maximum Gasteiger partial charge on any atom is 0.247 e. The summed E-state index contributed by atoms with van der Waals surface area (Å²) in [4.78, 5) is 14.9. The third-order valence-electron chi connectivity index (χ3n) is 5.17. The summed E-state index contributed by atoms with van der Waals surface area (Å²) in [6.07, 6.45) is 8.73. The van der Waals surface area contributed by atoms with Gasteiger partial charge < -0.3 is 15.6 Å². The van der Waals surface area contributed by atoms with Crippen LogP contribution in [0.2, 0.25) is 0 Å². The van der Waals surface area contributed by atoms with E-state index in [-0.39, 0.29) is 17.9 Å². The van der Waals surface area contributed by atoms with Crippen LogP contribution >= 0.6 is 0 Å². The van der Waals surface area contributed by atoms with Gasteiger partial charge in [0.05, 0.1) is 0 Å². The van der Waals surface area contributed by atoms with E-state index >= 15 is 0 Å². The van der Waals surface area contributed by atoms with E-state index in [1.165, 1.54) is 12.8 Å². The Labute approximate surface area is 134 Å². The molecule has 4 N–H and O–H groups in total. The van der Waals surface area contributed by atoms with Crippen LogP contribution in [0.15, 0.2) is 11.9 Å². The number of nitrogens with two attached hydrogens (primary N) is 2. The number of likely N-dealkylation sites (tertiary alicyclic amines) is 1. The zero-order valence-corrected chi connectivity index (χ0v) is 14.3. The second-order valence-corrected chi connectivity index (χ2v) is 7.27. The number of carbonyl (C=O) groups is 1. The Hall–Kier alpha value is -1.23. The number of rotatable bonds is 5. The summed E-state index contributed by atoms with van der Waals surface area (Å²) >= 11 is 0. The van der Waals surface area contributed by atoms with Crippen LogP contribution < -0.4 is 11.6 Å². The fraction of sp³-hybridized carbons (Fsp3) is 0.824. The number of nitrogens with zero attached hydrogens (tertiary/aromatic N) is 2. The lowest BCUT2D eigenvalue weighted by atomic mass is 10.0. The molecule has 0 bridgehead atoms. The van der Waals surface area contributed by atoms with Crippen molar-refractivity contribution >= 4 is 5.91 Å². The Morgan fingerprint density at radius 3 is 2.36 bits per heavy atom. The van der Waals surface area contributed by atoms with Gasteiger partial charge in [-0.25, -0.2) is 5.84 Å². The van der Waals surface area contributed by atoms with Gasteiger partial charge in [-0.15, -0.1) is 0 Å². The molecule has 1 saturated carbocycles. The first-order valence-corrected chi connectivity index (χ1v) is 8.72. The van der Waals surface area contributed by atoms with E-state index in [4.69, 9.17) is 11.6 Å². The van der Waals surface area contributed by atoms with E-state index in [2.05, 4.69) is 6.92 Å². The third kappa shape index (κ3) is 3.75. The van der Waals surface area contributed by atoms with Crippen LogP contribution in [-0.4, -0.2) is 34.4 Å². The topological polar surface area (TPSA) is 75.6 Å². The van der Waals surface area contributed by atoms with Gasteiger partial charge in [-0.1, -0.05) is 26.7 Å². The summed E-state index contributed by atoms with van der Waals surface area (Å²) in [5.41, 5.74) is 7.04. The normalized spacial score (nSPS) is 25.0. The SMILES string of the molecule is CC(C)C(C(=O)N1CCCC1C)N(N)/C=C(\N)C1CCCC1. The number of hydrogen-bond donors (Lipinski definition) is 2. The van der Waals surface area contributed by atoms with Gasteiger partial charge in [0, 0.05) is 24.5 Å². The van der Waals surface area contributed by atoms with Crippen molar-refractivity contribution in [1.82, 2.24) is 9.91 Å². The maximum atomic E-state index is 12.9. The molecule has 1 aliphatic carbocycles. The summed E-state index contributed by atoms with van der Waals surface area (Å²) in [6, 6.07) is -0.0150. The molecule has 5 nitrogen and oxygen atoms in total. The molecule has 0 aromatic heterocycles. The van der Waals surface area contributed by atoms with Crippen molar-refractivity contribution in [3.05, 3.63) is 11.9 Å². The van der Waals surface area contributed by atoms with Crippen molar-refractivity contribution in [2.24, 2.45) is 23.4 Å². The van der Waals surface area contributed by atoms with Crippen LogP contribution in [0.5, 0.6) is 0 Å². The van der Waals surface area contributed by atoms with E-state index in [0.29, 0.717) is 12.0 Å². The van der Waals surface area contributed by atoms with Gasteiger partial charge in [-0.2, -0.15) is 0 Å². The van der Waals surface area contributed by atoms with Gasteiger partial charge in [0.2, 0.25) is 5.91 Å². The van der Waals surface area contributed by atoms with Crippen LogP contribution in [0.25, 0.3) is 0 Å². The minimum absolute atomic E-state index is 0.137. The molecule has 22 heavy (non-hydrogen) atoms. The Morgan fingerprint density at radius 1 is 1.23 bits per heavy atom. The van der Waals surface area contributed by atoms with E-state index in [1.807, 2.05) is 18.7 Å². The first kappa shape index (κ1) is 17.1. The second-order valence-electron chi connectivity index (χ2n) is 7.27. The zero-order valence-electron chi connectivity index (χ0n) is 14.3. The quantitative estimate of drug-likeness (QED) is 0.603. The fourth-order valence-electron chi connectivity index (χ4n) is 3.80. The van der Waals surface area contributed by atoms with Gasteiger partial charge in [-0.05, 0) is 44.4 Å². The first-order valence-electron chi connectivity index (χ1n) is 8.72. The van der Waals surface area contributed by atoms with E-state index in [0.717, 1.165) is 37.9 Å². The lowest BCUT2D eigenvalue weighted by Gasteiger charge is -2.34. The molecule has 0 aromatic rings. The summed E-state index contributed by atoms with van der Waals surface area (Å²) in [6.45, 7) is 7.05. The monoisotopic (exact) mass is 308 g/mol. The zero-order chi connectivity index (χ0) is 16.3. The molecule has 1 amide bonds. The average molecular weight is 308 g/mol. The molecule has 0 aromatic carbocycles. The molecule has 0 radical (unpaired) electrons. The van der Waals surface area contributed by atoms with Crippen molar-refractivity contribution in [2.75, 3.05) is 6.54 Å². The molecule has 1 heterocycles. The van der Waals surface area contributed by atoms with Crippen LogP contribution in [0.1, 0.15) is 59.3 Å². The summed E-state index contributed by atoms with van der Waals surface area (Å²) in [5.74, 6) is 6.95. The highest BCUT2D eigenvalue weighted by atomic mass is 16.2. The Kier molecular flexibility index (Phi) is 5.73. The predicted molar refractivity (Wildman–Crippen MR) is 89.3 cm³/mol. The molecule has 1 aliphatic heterocycles. The molecule has 0 spiro atoms. The van der Waals surface area contributed by atoms with Gasteiger partial charge in [0.15, 0.2) is 0 Å². The number of carbonyl (C=O) groups excluding carboxylic acids is 1. The summed E-state index contributed by atoms with van der Waals surface area (Å²) < 4.78 is 0. The van der Waals surface area contributed by atoms with Crippen LogP contribution in [0.3, 0.4) is 0 Å². The Balaban J connectivity index is 2.09. The Bertz CT molecular complexity index is 415. The minimum atomic E-state index is -0.333. The first-order chi connectivity index (χ1) is 10.4. The number of allylic oxidation sites excluding steroid dienone is 1. The lowest BCUT2D eigenvalue weighted by molar-refractivity contribution is -0.138. The fourth-order valence-corrected chi connectivity index (χ4v) is 3.80. The smallest absolute Gasteiger partial charge is 0.247 e. The van der Waals surface area contributed by atoms with Crippen molar-refractivity contribution < 1.29 is 4.79 Å². The van der Waals surface area contributed by atoms with Crippen molar-refractivity contribution in [2.45, 2.75) is 71.4 Å². The van der Waals surface area contributed by atoms with Gasteiger partial charge in [0.1, 0.15) is 6.04 Å². The summed E-state index contributed by atoms with van der Waals surface area (Å²) in [7, 11) is 0. The maximum absolute atomic E-state index is 12.9. The minimum Gasteiger partial charge on any atom is -0.401 e. The molecule has 2 rings (SSSR count). The van der Waals surface area contributed by atoms with Crippen LogP contribution in [0.4, 0.5) is 0 Å². The van der Waals surface area contributed by atoms with E-state index < -0.39 is 0 Å². The highest BCUT2D eigenvalue weighted by molar-refractivity contribution is 5.82. The lowest BCUT2D eigenvalue weighted by Crippen LogP contribution is -2.53. The second kappa shape index (κ2) is 7.36. The highest BCUT2D eigenvalue weighted by Crippen LogP contribution is 2.29. The molecule has 2 fully saturated rings. The molecule has 126 valence electrons. The van der Waals surface area contributed by atoms with Gasteiger partial charge >= 0.3 is 0 Å². The van der Waals surface area contributed by atoms with Gasteiger partial charge in [-0.3, -0.25) is 4.79 Å². The Morgan fingerprint density at radius 2 is 1.86 bits per heavy atom. The number of hydrazine groups is 1. The summed E-state index contributed by atoms with van der Waals surface area (Å²) in [5, 5.41) is 1.56. The predicted octanol–water partition coefficient (Wildman–Crippen LogP) is 2.19. The van der Waals surface area contributed by atoms with Crippen LogP contribution in [0, 0.1) is 11.8 Å². The van der Waals surface area contributed by atoms with Crippen molar-refractivity contribution in [3.8, 4) is 0 Å². The van der Waals surface area contributed by atoms with Gasteiger partial charge in [0.25, 0.3) is 0 Å². The molecule has 5 heteroatoms. The number of amides is 1.